The molecule has 1 atom stereocenters. The third kappa shape index (κ3) is 4.07. The Labute approximate surface area is 81.2 Å². The van der Waals surface area contributed by atoms with Crippen molar-refractivity contribution in [2.45, 2.75) is 25.8 Å². The monoisotopic (exact) mass is 186 g/mol. The first-order chi connectivity index (χ1) is 6.22. The Hall–Kier alpha value is -0.120. The van der Waals surface area contributed by atoms with Gasteiger partial charge in [0.15, 0.2) is 0 Å². The fourth-order valence-corrected chi connectivity index (χ4v) is 1.91. The zero-order chi connectivity index (χ0) is 9.68. The smallest absolute Gasteiger partial charge is 0.0500 e. The summed E-state index contributed by atoms with van der Waals surface area (Å²) in [6, 6.07) is 0.439. The summed E-state index contributed by atoms with van der Waals surface area (Å²) in [5.41, 5.74) is 5.84. The molecule has 0 bridgehead atoms. The highest BCUT2D eigenvalue weighted by molar-refractivity contribution is 4.74. The van der Waals surface area contributed by atoms with Crippen LogP contribution in [0.5, 0.6) is 0 Å². The van der Waals surface area contributed by atoms with E-state index in [0.29, 0.717) is 12.0 Å². The molecule has 1 heterocycles. The van der Waals surface area contributed by atoms with Gasteiger partial charge in [-0.1, -0.05) is 6.92 Å². The predicted molar refractivity (Wildman–Crippen MR) is 54.7 cm³/mol. The predicted octanol–water partition coefficient (Wildman–Crippen LogP) is 0.692. The summed E-state index contributed by atoms with van der Waals surface area (Å²) >= 11 is 0. The van der Waals surface area contributed by atoms with Gasteiger partial charge in [-0.2, -0.15) is 0 Å². The Morgan fingerprint density at radius 1 is 1.46 bits per heavy atom. The maximum Gasteiger partial charge on any atom is 0.0500 e. The highest BCUT2D eigenvalue weighted by Crippen LogP contribution is 2.10. The van der Waals surface area contributed by atoms with Crippen LogP contribution in [0.1, 0.15) is 19.8 Å². The Morgan fingerprint density at radius 3 is 2.62 bits per heavy atom. The second kappa shape index (κ2) is 5.58. The van der Waals surface area contributed by atoms with E-state index in [1.165, 1.54) is 0 Å². The minimum absolute atomic E-state index is 0.439. The number of piperidine rings is 1. The van der Waals surface area contributed by atoms with Crippen molar-refractivity contribution in [2.24, 2.45) is 11.7 Å². The van der Waals surface area contributed by atoms with E-state index in [1.807, 2.05) is 0 Å². The van der Waals surface area contributed by atoms with Crippen LogP contribution < -0.4 is 5.73 Å². The number of hydrogen-bond donors (Lipinski definition) is 1. The lowest BCUT2D eigenvalue weighted by Gasteiger charge is -2.31. The molecule has 0 radical (unpaired) electrons. The molecule has 0 spiro atoms. The van der Waals surface area contributed by atoms with Crippen molar-refractivity contribution >= 4 is 0 Å². The summed E-state index contributed by atoms with van der Waals surface area (Å²) in [7, 11) is 1.77. The lowest BCUT2D eigenvalue weighted by molar-refractivity contribution is 0.117. The summed E-state index contributed by atoms with van der Waals surface area (Å²) in [5, 5.41) is 0. The summed E-state index contributed by atoms with van der Waals surface area (Å²) in [6.45, 7) is 6.57. The quantitative estimate of drug-likeness (QED) is 0.702. The molecule has 0 aliphatic carbocycles. The van der Waals surface area contributed by atoms with Crippen molar-refractivity contribution in [3.63, 3.8) is 0 Å². The molecule has 3 heteroatoms. The lowest BCUT2D eigenvalue weighted by Crippen LogP contribution is -2.41. The number of nitrogens with two attached hydrogens (primary N) is 1. The van der Waals surface area contributed by atoms with E-state index >= 15 is 0 Å². The van der Waals surface area contributed by atoms with E-state index in [9.17, 15) is 0 Å². The van der Waals surface area contributed by atoms with Gasteiger partial charge in [0.1, 0.15) is 0 Å². The van der Waals surface area contributed by atoms with Gasteiger partial charge in [0.05, 0.1) is 0 Å². The summed E-state index contributed by atoms with van der Waals surface area (Å²) in [5.74, 6) is 0.638. The van der Waals surface area contributed by atoms with E-state index in [2.05, 4.69) is 11.8 Å². The standard InChI is InChI=1S/C10H22N2O/c1-9(8-13-2)7-12-5-3-10(11)4-6-12/h9-10H,3-8,11H2,1-2H3. The first-order valence-corrected chi connectivity index (χ1v) is 5.19. The Balaban J connectivity index is 2.14. The van der Waals surface area contributed by atoms with E-state index in [-0.39, 0.29) is 0 Å². The van der Waals surface area contributed by atoms with Crippen LogP contribution in [0.25, 0.3) is 0 Å². The Bertz CT molecular complexity index is 133. The normalized spacial score (nSPS) is 23.3. The molecule has 1 unspecified atom stereocenters. The minimum Gasteiger partial charge on any atom is -0.384 e. The topological polar surface area (TPSA) is 38.5 Å². The largest absolute Gasteiger partial charge is 0.384 e. The van der Waals surface area contributed by atoms with Gasteiger partial charge in [-0.3, -0.25) is 0 Å². The first kappa shape index (κ1) is 11.0. The minimum atomic E-state index is 0.439. The van der Waals surface area contributed by atoms with Crippen molar-refractivity contribution in [2.75, 3.05) is 33.4 Å². The second-order valence-corrected chi connectivity index (χ2v) is 4.20. The fourth-order valence-electron chi connectivity index (χ4n) is 1.91. The molecule has 1 fully saturated rings. The van der Waals surface area contributed by atoms with E-state index in [0.717, 1.165) is 39.1 Å². The van der Waals surface area contributed by atoms with Crippen molar-refractivity contribution in [3.05, 3.63) is 0 Å². The number of nitrogens with zero attached hydrogens (tertiary/aromatic N) is 1. The van der Waals surface area contributed by atoms with Gasteiger partial charge >= 0.3 is 0 Å². The van der Waals surface area contributed by atoms with Crippen LogP contribution in [-0.4, -0.2) is 44.3 Å². The maximum atomic E-state index is 5.84. The van der Waals surface area contributed by atoms with Crippen LogP contribution in [0.2, 0.25) is 0 Å². The number of rotatable bonds is 4. The molecule has 2 N–H and O–H groups in total. The summed E-state index contributed by atoms with van der Waals surface area (Å²) in [6.07, 6.45) is 2.30. The number of ether oxygens (including phenoxy) is 1. The third-order valence-electron chi connectivity index (χ3n) is 2.65. The Kier molecular flexibility index (Phi) is 4.70. The average Bonchev–Trinajstić information content (AvgIpc) is 2.09. The zero-order valence-corrected chi connectivity index (χ0v) is 8.83. The van der Waals surface area contributed by atoms with Gasteiger partial charge in [0, 0.05) is 26.3 Å². The van der Waals surface area contributed by atoms with E-state index < -0.39 is 0 Å². The molecule has 0 aromatic heterocycles. The van der Waals surface area contributed by atoms with Crippen molar-refractivity contribution in [1.82, 2.24) is 4.90 Å². The molecule has 1 saturated heterocycles. The van der Waals surface area contributed by atoms with Gasteiger partial charge in [-0.05, 0) is 31.8 Å². The molecule has 0 aromatic carbocycles. The molecule has 1 aliphatic rings. The molecule has 1 rings (SSSR count). The molecular formula is C10H22N2O. The maximum absolute atomic E-state index is 5.84. The van der Waals surface area contributed by atoms with Crippen LogP contribution >= 0.6 is 0 Å². The van der Waals surface area contributed by atoms with Crippen LogP contribution in [0.4, 0.5) is 0 Å². The van der Waals surface area contributed by atoms with Gasteiger partial charge in [-0.15, -0.1) is 0 Å². The molecule has 78 valence electrons. The molecule has 3 nitrogen and oxygen atoms in total. The third-order valence-corrected chi connectivity index (χ3v) is 2.65. The highest BCUT2D eigenvalue weighted by atomic mass is 16.5. The van der Waals surface area contributed by atoms with Crippen LogP contribution in [-0.2, 0) is 4.74 Å². The first-order valence-electron chi connectivity index (χ1n) is 5.19. The van der Waals surface area contributed by atoms with Crippen LogP contribution in [0.15, 0.2) is 0 Å². The van der Waals surface area contributed by atoms with Gasteiger partial charge in [0.25, 0.3) is 0 Å². The van der Waals surface area contributed by atoms with Crippen molar-refractivity contribution < 1.29 is 4.74 Å². The summed E-state index contributed by atoms with van der Waals surface area (Å²) < 4.78 is 5.11. The average molecular weight is 186 g/mol. The molecule has 0 aromatic rings. The van der Waals surface area contributed by atoms with Crippen LogP contribution in [0.3, 0.4) is 0 Å². The highest BCUT2D eigenvalue weighted by Gasteiger charge is 2.17. The lowest BCUT2D eigenvalue weighted by atomic mass is 10.0. The Morgan fingerprint density at radius 2 is 2.08 bits per heavy atom. The molecular weight excluding hydrogens is 164 g/mol. The summed E-state index contributed by atoms with van der Waals surface area (Å²) in [4.78, 5) is 2.49. The fraction of sp³-hybridized carbons (Fsp3) is 1.00. The zero-order valence-electron chi connectivity index (χ0n) is 8.83. The molecule has 0 amide bonds. The molecule has 0 saturated carbocycles. The van der Waals surface area contributed by atoms with E-state index in [1.54, 1.807) is 7.11 Å². The SMILES string of the molecule is COCC(C)CN1CCC(N)CC1. The van der Waals surface area contributed by atoms with Crippen LogP contribution in [0, 0.1) is 5.92 Å². The second-order valence-electron chi connectivity index (χ2n) is 4.20. The van der Waals surface area contributed by atoms with Crippen molar-refractivity contribution in [1.29, 1.82) is 0 Å². The van der Waals surface area contributed by atoms with Crippen molar-refractivity contribution in [3.8, 4) is 0 Å². The molecule has 1 aliphatic heterocycles. The van der Waals surface area contributed by atoms with E-state index in [4.69, 9.17) is 10.5 Å². The molecule has 13 heavy (non-hydrogen) atoms. The number of hydrogen-bond acceptors (Lipinski definition) is 3. The number of likely N-dealkylation sites (tertiary alicyclic amines) is 1. The number of methoxy groups -OCH3 is 1. The van der Waals surface area contributed by atoms with Gasteiger partial charge in [0.2, 0.25) is 0 Å². The van der Waals surface area contributed by atoms with Gasteiger partial charge in [-0.25, -0.2) is 0 Å². The van der Waals surface area contributed by atoms with Gasteiger partial charge < -0.3 is 15.4 Å².